The highest BCUT2D eigenvalue weighted by atomic mass is 15.0. The SMILES string of the molecule is [C-]#[N+]c1cccc(-c2cc(-c3nc(-c4ccccc4)cc(-c4ccccc4)n3)cc(-c3cccc(C#N)c3)c2-n2c3ccc(-n4c5ccccc5c5ccccc54)cc3c3cc(-n4c5ccccc5c5ccccc54)ccc32)c1. The Labute approximate surface area is 454 Å². The minimum absolute atomic E-state index is 0.518. The Kier molecular flexibility index (Phi) is 10.5. The van der Waals surface area contributed by atoms with Crippen LogP contribution in [0.25, 0.3) is 143 Å². The summed E-state index contributed by atoms with van der Waals surface area (Å²) in [5, 5.41) is 17.4. The predicted molar refractivity (Wildman–Crippen MR) is 323 cm³/mol. The fraction of sp³-hybridized carbons (Fsp3) is 0. The van der Waals surface area contributed by atoms with Crippen molar-refractivity contribution in [3.8, 4) is 79.3 Å². The van der Waals surface area contributed by atoms with Gasteiger partial charge in [0.25, 0.3) is 0 Å². The van der Waals surface area contributed by atoms with E-state index in [1.54, 1.807) is 0 Å². The molecule has 0 aliphatic heterocycles. The molecule has 0 fully saturated rings. The van der Waals surface area contributed by atoms with Gasteiger partial charge in [0.15, 0.2) is 11.5 Å². The summed E-state index contributed by atoms with van der Waals surface area (Å²) in [5.74, 6) is 0.542. The van der Waals surface area contributed by atoms with Gasteiger partial charge in [-0.15, -0.1) is 0 Å². The lowest BCUT2D eigenvalue weighted by molar-refractivity contribution is 1.15. The summed E-state index contributed by atoms with van der Waals surface area (Å²) in [4.78, 5) is 14.7. The third-order valence-corrected chi connectivity index (χ3v) is 15.5. The number of benzene rings is 11. The number of fused-ring (bicyclic) bond motifs is 9. The molecule has 7 nitrogen and oxygen atoms in total. The molecule has 0 amide bonds. The summed E-state index contributed by atoms with van der Waals surface area (Å²) in [6, 6.07) is 93.2. The summed E-state index contributed by atoms with van der Waals surface area (Å²) < 4.78 is 7.16. The van der Waals surface area contributed by atoms with E-state index >= 15 is 0 Å². The first kappa shape index (κ1) is 45.3. The second-order valence-corrected chi connectivity index (χ2v) is 19.9. The van der Waals surface area contributed by atoms with Crippen LogP contribution in [0, 0.1) is 17.9 Å². The van der Waals surface area contributed by atoms with E-state index in [0.29, 0.717) is 17.1 Å². The van der Waals surface area contributed by atoms with Gasteiger partial charge in [-0.1, -0.05) is 164 Å². The van der Waals surface area contributed by atoms with E-state index in [1.165, 1.54) is 21.5 Å². The highest BCUT2D eigenvalue weighted by Gasteiger charge is 2.25. The van der Waals surface area contributed by atoms with Crippen molar-refractivity contribution in [3.05, 3.63) is 278 Å². The van der Waals surface area contributed by atoms with Crippen LogP contribution in [0.1, 0.15) is 5.56 Å². The Bertz CT molecular complexity index is 4630. The maximum atomic E-state index is 10.5. The van der Waals surface area contributed by atoms with Crippen LogP contribution in [-0.2, 0) is 0 Å². The van der Waals surface area contributed by atoms with Gasteiger partial charge in [0.05, 0.1) is 68.4 Å². The third kappa shape index (κ3) is 7.41. The van der Waals surface area contributed by atoms with E-state index in [4.69, 9.17) is 16.5 Å². The van der Waals surface area contributed by atoms with Crippen molar-refractivity contribution in [2.45, 2.75) is 0 Å². The predicted octanol–water partition coefficient (Wildman–Crippen LogP) is 18.5. The average molecular weight is 1010 g/mol. The lowest BCUT2D eigenvalue weighted by Gasteiger charge is -2.21. The second-order valence-electron chi connectivity index (χ2n) is 19.9. The molecule has 0 bridgehead atoms. The van der Waals surface area contributed by atoms with Crippen molar-refractivity contribution in [2.24, 2.45) is 0 Å². The van der Waals surface area contributed by atoms with Crippen molar-refractivity contribution in [2.75, 3.05) is 0 Å². The molecule has 366 valence electrons. The van der Waals surface area contributed by atoms with E-state index in [0.717, 1.165) is 111 Å². The molecule has 0 saturated heterocycles. The van der Waals surface area contributed by atoms with Gasteiger partial charge in [0.1, 0.15) is 0 Å². The van der Waals surface area contributed by atoms with Crippen LogP contribution >= 0.6 is 0 Å². The summed E-state index contributed by atoms with van der Waals surface area (Å²) in [5.41, 5.74) is 18.2. The molecule has 0 radical (unpaired) electrons. The fourth-order valence-corrected chi connectivity index (χ4v) is 12.0. The van der Waals surface area contributed by atoms with Gasteiger partial charge in [0, 0.05) is 71.5 Å². The van der Waals surface area contributed by atoms with Crippen LogP contribution in [0.5, 0.6) is 0 Å². The summed E-state index contributed by atoms with van der Waals surface area (Å²) in [7, 11) is 0. The molecule has 0 spiro atoms. The zero-order valence-electron chi connectivity index (χ0n) is 42.5. The molecule has 4 aromatic heterocycles. The molecule has 4 heterocycles. The Balaban J connectivity index is 1.08. The molecule has 0 N–H and O–H groups in total. The lowest BCUT2D eigenvalue weighted by Crippen LogP contribution is -2.03. The van der Waals surface area contributed by atoms with Crippen molar-refractivity contribution in [1.29, 1.82) is 5.26 Å². The largest absolute Gasteiger partial charge is 0.309 e. The quantitative estimate of drug-likeness (QED) is 0.142. The molecule has 0 aliphatic carbocycles. The monoisotopic (exact) mass is 1010 g/mol. The van der Waals surface area contributed by atoms with E-state index in [1.807, 2.05) is 72.8 Å². The van der Waals surface area contributed by atoms with Gasteiger partial charge in [-0.3, -0.25) is 0 Å². The summed E-state index contributed by atoms with van der Waals surface area (Å²) in [6.45, 7) is 8.25. The molecule has 15 rings (SSSR count). The molecular formula is C72H43N7. The normalized spacial score (nSPS) is 11.5. The van der Waals surface area contributed by atoms with E-state index in [-0.39, 0.29) is 0 Å². The fourth-order valence-electron chi connectivity index (χ4n) is 12.0. The van der Waals surface area contributed by atoms with Crippen molar-refractivity contribution in [1.82, 2.24) is 23.7 Å². The van der Waals surface area contributed by atoms with Crippen molar-refractivity contribution < 1.29 is 0 Å². The van der Waals surface area contributed by atoms with Gasteiger partial charge in [0.2, 0.25) is 0 Å². The number of hydrogen-bond acceptors (Lipinski definition) is 3. The Morgan fingerprint density at radius 3 is 1.23 bits per heavy atom. The number of nitrogens with zero attached hydrogens (tertiary/aromatic N) is 7. The number of rotatable bonds is 8. The van der Waals surface area contributed by atoms with Crippen LogP contribution in [0.2, 0.25) is 0 Å². The zero-order chi connectivity index (χ0) is 52.6. The molecule has 0 atom stereocenters. The van der Waals surface area contributed by atoms with Crippen LogP contribution in [-0.4, -0.2) is 23.7 Å². The third-order valence-electron chi connectivity index (χ3n) is 15.5. The molecule has 15 aromatic rings. The molecule has 0 aliphatic rings. The van der Waals surface area contributed by atoms with Crippen LogP contribution in [0.4, 0.5) is 5.69 Å². The minimum Gasteiger partial charge on any atom is -0.309 e. The highest BCUT2D eigenvalue weighted by Crippen LogP contribution is 2.46. The van der Waals surface area contributed by atoms with E-state index < -0.39 is 0 Å². The first-order chi connectivity index (χ1) is 39.1. The number of aromatic nitrogens is 5. The highest BCUT2D eigenvalue weighted by molar-refractivity contribution is 6.15. The Morgan fingerprint density at radius 2 is 0.759 bits per heavy atom. The van der Waals surface area contributed by atoms with Crippen LogP contribution in [0.15, 0.2) is 261 Å². The van der Waals surface area contributed by atoms with Gasteiger partial charge < -0.3 is 13.7 Å². The van der Waals surface area contributed by atoms with Gasteiger partial charge in [-0.2, -0.15) is 5.26 Å². The Hall–Kier alpha value is -11.1. The van der Waals surface area contributed by atoms with Gasteiger partial charge >= 0.3 is 0 Å². The van der Waals surface area contributed by atoms with E-state index in [2.05, 4.69) is 213 Å². The molecule has 79 heavy (non-hydrogen) atoms. The van der Waals surface area contributed by atoms with E-state index in [9.17, 15) is 5.26 Å². The smallest absolute Gasteiger partial charge is 0.187 e. The molecule has 7 heteroatoms. The zero-order valence-corrected chi connectivity index (χ0v) is 42.5. The first-order valence-corrected chi connectivity index (χ1v) is 26.3. The minimum atomic E-state index is 0.518. The molecular weight excluding hydrogens is 963 g/mol. The molecule has 11 aromatic carbocycles. The lowest BCUT2D eigenvalue weighted by atomic mass is 9.91. The van der Waals surface area contributed by atoms with Crippen LogP contribution in [0.3, 0.4) is 0 Å². The van der Waals surface area contributed by atoms with Gasteiger partial charge in [-0.25, -0.2) is 14.8 Å². The molecule has 0 saturated carbocycles. The van der Waals surface area contributed by atoms with Gasteiger partial charge in [-0.05, 0) is 108 Å². The average Bonchev–Trinajstić information content (AvgIpc) is 4.21. The maximum absolute atomic E-state index is 10.5. The number of hydrogen-bond donors (Lipinski definition) is 0. The second kappa shape index (κ2) is 18.3. The topological polar surface area (TPSA) is 68.7 Å². The van der Waals surface area contributed by atoms with Crippen LogP contribution < -0.4 is 0 Å². The maximum Gasteiger partial charge on any atom is 0.187 e. The molecule has 0 unspecified atom stereocenters. The number of nitriles is 1. The van der Waals surface area contributed by atoms with Crippen molar-refractivity contribution in [3.63, 3.8) is 0 Å². The summed E-state index contributed by atoms with van der Waals surface area (Å²) >= 11 is 0. The number of para-hydroxylation sites is 4. The van der Waals surface area contributed by atoms with Crippen molar-refractivity contribution >= 4 is 71.1 Å². The Morgan fingerprint density at radius 1 is 0.342 bits per heavy atom. The standard InChI is InChI=1S/C72H43N7/c1-74-52-25-17-24-50(39-52)60-41-51(72-75-63(47-19-4-2-5-20-47)44-64(76-72)48-21-6-3-7-22-48)40-59(49-23-16-18-46(38-49)45-73)71(60)79-69-36-34-53(77-65-30-12-8-26-55(65)56-27-9-13-31-66(56)77)42-61(69)62-43-54(35-37-70(62)79)78-67-32-14-10-28-57(67)58-29-11-15-33-68(58)78/h2-44H. The first-order valence-electron chi connectivity index (χ1n) is 26.3. The summed E-state index contributed by atoms with van der Waals surface area (Å²) in [6.07, 6.45) is 0.